The Bertz CT molecular complexity index is 566. The van der Waals surface area contributed by atoms with E-state index >= 15 is 0 Å². The monoisotopic (exact) mass is 229 g/mol. The Morgan fingerprint density at radius 2 is 2.12 bits per heavy atom. The van der Waals surface area contributed by atoms with E-state index in [0.717, 1.165) is 22.3 Å². The van der Waals surface area contributed by atoms with Gasteiger partial charge < -0.3 is 11.1 Å². The van der Waals surface area contributed by atoms with E-state index in [-0.39, 0.29) is 5.91 Å². The lowest BCUT2D eigenvalue weighted by Gasteiger charge is -2.14. The van der Waals surface area contributed by atoms with Gasteiger partial charge in [-0.1, -0.05) is 18.2 Å². The van der Waals surface area contributed by atoms with Gasteiger partial charge >= 0.3 is 0 Å². The standard InChI is InChI=1S/C13H15N3O/c1-8-7-12(16-9(2)13(14)17)10-5-3-4-6-11(10)15-8/h3-7,9H,1-2H3,(H2,14,17)(H,15,16). The number of para-hydroxylation sites is 1. The molecule has 0 aliphatic rings. The number of amides is 1. The number of nitrogens with zero attached hydrogens (tertiary/aromatic N) is 1. The van der Waals surface area contributed by atoms with E-state index in [0.29, 0.717) is 0 Å². The molecule has 1 amide bonds. The molecular weight excluding hydrogens is 214 g/mol. The van der Waals surface area contributed by atoms with Crippen LogP contribution in [0.3, 0.4) is 0 Å². The fourth-order valence-electron chi connectivity index (χ4n) is 1.73. The van der Waals surface area contributed by atoms with Gasteiger partial charge in [0.15, 0.2) is 0 Å². The SMILES string of the molecule is Cc1cc(NC(C)C(N)=O)c2ccccc2n1. The fourth-order valence-corrected chi connectivity index (χ4v) is 1.73. The highest BCUT2D eigenvalue weighted by Crippen LogP contribution is 2.23. The first-order chi connectivity index (χ1) is 8.08. The van der Waals surface area contributed by atoms with E-state index < -0.39 is 6.04 Å². The van der Waals surface area contributed by atoms with Crippen molar-refractivity contribution in [3.05, 3.63) is 36.0 Å². The van der Waals surface area contributed by atoms with Crippen LogP contribution in [0.1, 0.15) is 12.6 Å². The topological polar surface area (TPSA) is 68.0 Å². The van der Waals surface area contributed by atoms with Crippen molar-refractivity contribution in [2.45, 2.75) is 19.9 Å². The van der Waals surface area contributed by atoms with Crippen LogP contribution in [0.2, 0.25) is 0 Å². The number of benzene rings is 1. The summed E-state index contributed by atoms with van der Waals surface area (Å²) >= 11 is 0. The van der Waals surface area contributed by atoms with Crippen LogP contribution in [0, 0.1) is 6.92 Å². The van der Waals surface area contributed by atoms with Crippen LogP contribution >= 0.6 is 0 Å². The molecule has 2 aromatic rings. The lowest BCUT2D eigenvalue weighted by atomic mass is 10.1. The number of hydrogen-bond acceptors (Lipinski definition) is 3. The summed E-state index contributed by atoms with van der Waals surface area (Å²) in [7, 11) is 0. The number of nitrogens with two attached hydrogens (primary N) is 1. The zero-order valence-electron chi connectivity index (χ0n) is 9.90. The van der Waals surface area contributed by atoms with Gasteiger partial charge in [0, 0.05) is 16.8 Å². The fraction of sp³-hybridized carbons (Fsp3) is 0.231. The Morgan fingerprint density at radius 1 is 1.41 bits per heavy atom. The van der Waals surface area contributed by atoms with Crippen LogP contribution in [-0.2, 0) is 4.79 Å². The van der Waals surface area contributed by atoms with E-state index in [1.54, 1.807) is 6.92 Å². The summed E-state index contributed by atoms with van der Waals surface area (Å²) in [6.45, 7) is 3.67. The molecule has 0 saturated carbocycles. The number of primary amides is 1. The second-order valence-electron chi connectivity index (χ2n) is 4.10. The van der Waals surface area contributed by atoms with Gasteiger partial charge in [0.25, 0.3) is 0 Å². The highest BCUT2D eigenvalue weighted by atomic mass is 16.1. The zero-order valence-corrected chi connectivity index (χ0v) is 9.90. The molecule has 1 atom stereocenters. The van der Waals surface area contributed by atoms with Gasteiger partial charge in [0.1, 0.15) is 6.04 Å². The molecular formula is C13H15N3O. The second kappa shape index (κ2) is 4.41. The minimum absolute atomic E-state index is 0.372. The summed E-state index contributed by atoms with van der Waals surface area (Å²) < 4.78 is 0. The molecule has 0 saturated heterocycles. The Balaban J connectivity index is 2.49. The third-order valence-electron chi connectivity index (χ3n) is 2.64. The van der Waals surface area contributed by atoms with Gasteiger partial charge in [-0.15, -0.1) is 0 Å². The summed E-state index contributed by atoms with van der Waals surface area (Å²) in [4.78, 5) is 15.5. The number of aryl methyl sites for hydroxylation is 1. The average molecular weight is 229 g/mol. The van der Waals surface area contributed by atoms with Gasteiger partial charge in [0.2, 0.25) is 5.91 Å². The predicted molar refractivity (Wildman–Crippen MR) is 68.8 cm³/mol. The summed E-state index contributed by atoms with van der Waals surface area (Å²) in [6, 6.07) is 9.32. The molecule has 1 aromatic heterocycles. The van der Waals surface area contributed by atoms with Crippen molar-refractivity contribution < 1.29 is 4.79 Å². The van der Waals surface area contributed by atoms with Gasteiger partial charge in [-0.05, 0) is 26.0 Å². The van der Waals surface area contributed by atoms with Crippen LogP contribution in [0.15, 0.2) is 30.3 Å². The Hall–Kier alpha value is -2.10. The van der Waals surface area contributed by atoms with Crippen molar-refractivity contribution in [3.8, 4) is 0 Å². The van der Waals surface area contributed by atoms with Crippen molar-refractivity contribution in [2.75, 3.05) is 5.32 Å². The highest BCUT2D eigenvalue weighted by Gasteiger charge is 2.10. The minimum atomic E-state index is -0.403. The molecule has 1 aromatic carbocycles. The third kappa shape index (κ3) is 2.36. The molecule has 17 heavy (non-hydrogen) atoms. The smallest absolute Gasteiger partial charge is 0.239 e. The number of hydrogen-bond donors (Lipinski definition) is 2. The molecule has 1 heterocycles. The molecule has 1 unspecified atom stereocenters. The number of rotatable bonds is 3. The second-order valence-corrected chi connectivity index (χ2v) is 4.10. The van der Waals surface area contributed by atoms with Crippen molar-refractivity contribution in [1.82, 2.24) is 4.98 Å². The number of anilines is 1. The van der Waals surface area contributed by atoms with Gasteiger partial charge in [-0.25, -0.2) is 0 Å². The van der Waals surface area contributed by atoms with E-state index in [9.17, 15) is 4.79 Å². The summed E-state index contributed by atoms with van der Waals surface area (Å²) in [5, 5.41) is 4.10. The molecule has 0 radical (unpaired) electrons. The molecule has 0 aliphatic heterocycles. The summed E-state index contributed by atoms with van der Waals surface area (Å²) in [6.07, 6.45) is 0. The molecule has 3 N–H and O–H groups in total. The van der Waals surface area contributed by atoms with Crippen LogP contribution in [0.25, 0.3) is 10.9 Å². The molecule has 0 fully saturated rings. The van der Waals surface area contributed by atoms with Crippen molar-refractivity contribution in [2.24, 2.45) is 5.73 Å². The molecule has 0 aliphatic carbocycles. The van der Waals surface area contributed by atoms with E-state index in [4.69, 9.17) is 5.73 Å². The molecule has 88 valence electrons. The van der Waals surface area contributed by atoms with Gasteiger partial charge in [-0.3, -0.25) is 9.78 Å². The molecule has 2 rings (SSSR count). The first-order valence-electron chi connectivity index (χ1n) is 5.50. The number of pyridine rings is 1. The minimum Gasteiger partial charge on any atom is -0.373 e. The number of carbonyl (C=O) groups is 1. The van der Waals surface area contributed by atoms with E-state index in [1.807, 2.05) is 37.3 Å². The maximum atomic E-state index is 11.1. The lowest BCUT2D eigenvalue weighted by molar-refractivity contribution is -0.118. The van der Waals surface area contributed by atoms with Crippen molar-refractivity contribution in [3.63, 3.8) is 0 Å². The zero-order chi connectivity index (χ0) is 12.4. The Kier molecular flexibility index (Phi) is 2.95. The maximum absolute atomic E-state index is 11.1. The predicted octanol–water partition coefficient (Wildman–Crippen LogP) is 1.83. The molecule has 4 heteroatoms. The van der Waals surface area contributed by atoms with Crippen LogP contribution in [0.4, 0.5) is 5.69 Å². The number of aromatic nitrogens is 1. The van der Waals surface area contributed by atoms with Gasteiger partial charge in [0.05, 0.1) is 5.52 Å². The van der Waals surface area contributed by atoms with Crippen LogP contribution in [-0.4, -0.2) is 16.9 Å². The quantitative estimate of drug-likeness (QED) is 0.843. The normalized spacial score (nSPS) is 12.4. The van der Waals surface area contributed by atoms with Crippen molar-refractivity contribution >= 4 is 22.5 Å². The Labute approximate surface area is 99.8 Å². The number of fused-ring (bicyclic) bond motifs is 1. The van der Waals surface area contributed by atoms with E-state index in [1.165, 1.54) is 0 Å². The average Bonchev–Trinajstić information content (AvgIpc) is 2.28. The summed E-state index contributed by atoms with van der Waals surface area (Å²) in [5.74, 6) is -0.372. The van der Waals surface area contributed by atoms with Gasteiger partial charge in [-0.2, -0.15) is 0 Å². The molecule has 0 spiro atoms. The van der Waals surface area contributed by atoms with Crippen LogP contribution < -0.4 is 11.1 Å². The maximum Gasteiger partial charge on any atom is 0.239 e. The summed E-state index contributed by atoms with van der Waals surface area (Å²) in [5.41, 5.74) is 7.95. The van der Waals surface area contributed by atoms with E-state index in [2.05, 4.69) is 10.3 Å². The first kappa shape index (κ1) is 11.4. The first-order valence-corrected chi connectivity index (χ1v) is 5.50. The highest BCUT2D eigenvalue weighted by molar-refractivity contribution is 5.93. The third-order valence-corrected chi connectivity index (χ3v) is 2.64. The molecule has 0 bridgehead atoms. The van der Waals surface area contributed by atoms with Crippen molar-refractivity contribution in [1.29, 1.82) is 0 Å². The Morgan fingerprint density at radius 3 is 2.82 bits per heavy atom. The molecule has 4 nitrogen and oxygen atoms in total. The number of nitrogens with one attached hydrogen (secondary N) is 1. The van der Waals surface area contributed by atoms with Crippen LogP contribution in [0.5, 0.6) is 0 Å². The largest absolute Gasteiger partial charge is 0.373 e. The lowest BCUT2D eigenvalue weighted by Crippen LogP contribution is -2.32. The number of carbonyl (C=O) groups excluding carboxylic acids is 1.